The largest absolute Gasteiger partial charge is 0.456 e. The monoisotopic (exact) mass is 931 g/mol. The average Bonchev–Trinajstić information content (AvgIpc) is 4.24. The fourth-order valence-electron chi connectivity index (χ4n) is 13.6. The van der Waals surface area contributed by atoms with Gasteiger partial charge < -0.3 is 13.7 Å². The molecule has 0 fully saturated rings. The van der Waals surface area contributed by atoms with Crippen LogP contribution >= 0.6 is 0 Å². The molecule has 3 aliphatic rings. The van der Waals surface area contributed by atoms with Gasteiger partial charge in [0.25, 0.3) is 0 Å². The van der Waals surface area contributed by atoms with E-state index in [0.29, 0.717) is 0 Å². The molecule has 0 saturated carbocycles. The second-order valence-electron chi connectivity index (χ2n) is 20.6. The maximum atomic E-state index is 7.24. The van der Waals surface area contributed by atoms with Gasteiger partial charge in [-0.15, -0.1) is 0 Å². The van der Waals surface area contributed by atoms with Crippen molar-refractivity contribution >= 4 is 60.9 Å². The molecule has 3 heteroatoms. The van der Waals surface area contributed by atoms with Crippen LogP contribution in [0.15, 0.2) is 245 Å². The normalized spacial score (nSPS) is 15.4. The highest BCUT2D eigenvalue weighted by Gasteiger charge is 2.53. The van der Waals surface area contributed by atoms with Crippen molar-refractivity contribution in [2.45, 2.75) is 24.7 Å². The van der Waals surface area contributed by atoms with Crippen LogP contribution < -0.4 is 4.90 Å². The molecule has 0 N–H and O–H groups in total. The lowest BCUT2D eigenvalue weighted by atomic mass is 9.70. The van der Waals surface area contributed by atoms with E-state index in [-0.39, 0.29) is 5.41 Å². The Morgan fingerprint density at radius 3 is 1.64 bits per heavy atom. The second kappa shape index (κ2) is 14.7. The molecule has 342 valence electrons. The number of fused-ring (bicyclic) bond motifs is 20. The topological polar surface area (TPSA) is 29.5 Å². The van der Waals surface area contributed by atoms with Crippen LogP contribution in [-0.4, -0.2) is 0 Å². The summed E-state index contributed by atoms with van der Waals surface area (Å²) >= 11 is 0. The van der Waals surface area contributed by atoms with E-state index in [2.05, 4.69) is 255 Å². The number of hydrogen-bond donors (Lipinski definition) is 0. The zero-order valence-electron chi connectivity index (χ0n) is 40.3. The van der Waals surface area contributed by atoms with Crippen LogP contribution in [0, 0.1) is 0 Å². The minimum atomic E-state index is -0.554. The summed E-state index contributed by atoms with van der Waals surface area (Å²) < 4.78 is 13.8. The first kappa shape index (κ1) is 40.5. The molecular formula is C70H45NO2. The van der Waals surface area contributed by atoms with Crippen LogP contribution in [0.25, 0.3) is 99.5 Å². The van der Waals surface area contributed by atoms with E-state index in [1.54, 1.807) is 0 Å². The van der Waals surface area contributed by atoms with E-state index >= 15 is 0 Å². The summed E-state index contributed by atoms with van der Waals surface area (Å²) in [6.07, 6.45) is 0. The van der Waals surface area contributed by atoms with Gasteiger partial charge in [0.2, 0.25) is 0 Å². The Kier molecular flexibility index (Phi) is 8.16. The van der Waals surface area contributed by atoms with Crippen LogP contribution in [0.4, 0.5) is 17.1 Å². The number of nitrogens with zero attached hydrogens (tertiary/aromatic N) is 1. The Morgan fingerprint density at radius 2 is 0.877 bits per heavy atom. The highest BCUT2D eigenvalue weighted by atomic mass is 16.3. The van der Waals surface area contributed by atoms with Gasteiger partial charge in [-0.2, -0.15) is 0 Å². The van der Waals surface area contributed by atoms with E-state index in [1.807, 2.05) is 0 Å². The second-order valence-corrected chi connectivity index (χ2v) is 20.6. The molecular weight excluding hydrogens is 887 g/mol. The smallest absolute Gasteiger partial charge is 0.160 e. The van der Waals surface area contributed by atoms with Gasteiger partial charge in [0.1, 0.15) is 16.7 Å². The average molecular weight is 932 g/mol. The number of para-hydroxylation sites is 2. The molecule has 0 aliphatic heterocycles. The lowest BCUT2D eigenvalue weighted by molar-refractivity contribution is 0.660. The summed E-state index contributed by atoms with van der Waals surface area (Å²) in [7, 11) is 0. The van der Waals surface area contributed by atoms with Crippen molar-refractivity contribution < 1.29 is 8.83 Å². The number of benzene rings is 11. The lowest BCUT2D eigenvalue weighted by Gasteiger charge is -2.30. The maximum Gasteiger partial charge on any atom is 0.160 e. The number of furan rings is 2. The van der Waals surface area contributed by atoms with Gasteiger partial charge in [-0.3, -0.25) is 0 Å². The summed E-state index contributed by atoms with van der Waals surface area (Å²) in [5.41, 5.74) is 26.1. The first-order valence-electron chi connectivity index (χ1n) is 25.4. The van der Waals surface area contributed by atoms with Crippen LogP contribution in [0.1, 0.15) is 47.2 Å². The van der Waals surface area contributed by atoms with Crippen LogP contribution in [0.2, 0.25) is 0 Å². The zero-order chi connectivity index (χ0) is 48.2. The SMILES string of the molecule is CC1(C)c2ccccc2-c2ccc(N(c3ccc(-c4ccccc4)cc3)c3ccc(-c4cccc5c4-c4ccccc4C54c5ccccc5-c5c4ccc4oc6ccccc6c54)c4c3oc3ccccc34)cc21. The Balaban J connectivity index is 0.948. The summed E-state index contributed by atoms with van der Waals surface area (Å²) in [5.74, 6) is 0. The molecule has 0 amide bonds. The van der Waals surface area contributed by atoms with E-state index in [0.717, 1.165) is 61.1 Å². The molecule has 0 saturated heterocycles. The molecule has 0 radical (unpaired) electrons. The first-order valence-corrected chi connectivity index (χ1v) is 25.4. The minimum Gasteiger partial charge on any atom is -0.456 e. The van der Waals surface area contributed by atoms with Crippen molar-refractivity contribution in [3.8, 4) is 55.6 Å². The molecule has 3 nitrogen and oxygen atoms in total. The van der Waals surface area contributed by atoms with Gasteiger partial charge in [0.05, 0.1) is 11.1 Å². The van der Waals surface area contributed by atoms with E-state index in [4.69, 9.17) is 8.83 Å². The lowest BCUT2D eigenvalue weighted by Crippen LogP contribution is -2.25. The third-order valence-corrected chi connectivity index (χ3v) is 16.7. The molecule has 3 aliphatic carbocycles. The molecule has 1 atom stereocenters. The Morgan fingerprint density at radius 1 is 0.329 bits per heavy atom. The summed E-state index contributed by atoms with van der Waals surface area (Å²) in [6.45, 7) is 4.71. The van der Waals surface area contributed by atoms with E-state index < -0.39 is 5.41 Å². The minimum absolute atomic E-state index is 0.177. The Labute approximate surface area is 422 Å². The fourth-order valence-corrected chi connectivity index (χ4v) is 13.6. The molecule has 1 unspecified atom stereocenters. The predicted octanol–water partition coefficient (Wildman–Crippen LogP) is 18.9. The van der Waals surface area contributed by atoms with Gasteiger partial charge in [-0.05, 0) is 138 Å². The third kappa shape index (κ3) is 5.33. The molecule has 13 aromatic rings. The number of hydrogen-bond acceptors (Lipinski definition) is 3. The fraction of sp³-hybridized carbons (Fsp3) is 0.0571. The number of anilines is 3. The van der Waals surface area contributed by atoms with Gasteiger partial charge in [-0.1, -0.05) is 202 Å². The standard InChI is InChI=1S/C70H45NO2/c1-69(2)54-25-11-6-19-46(54)47-36-35-45(41-59(47)69)71(44-33-31-43(32-34-44)42-17-4-3-5-18-42)60-39-37-49(65-52-22-9-15-30-62(52)73-68(60)65)48-24-16-28-57-64(48)50-20-7-12-26-55(50)70(57)56-27-13-8-21-51(56)66-58(70)38-40-63-67(66)53-23-10-14-29-61(53)72-63/h3-41H,1-2H3. The highest BCUT2D eigenvalue weighted by Crippen LogP contribution is 2.66. The van der Waals surface area contributed by atoms with Crippen LogP contribution in [0.3, 0.4) is 0 Å². The summed E-state index contributed by atoms with van der Waals surface area (Å²) in [4.78, 5) is 2.41. The van der Waals surface area contributed by atoms with Crippen molar-refractivity contribution in [1.29, 1.82) is 0 Å². The van der Waals surface area contributed by atoms with Crippen LogP contribution in [-0.2, 0) is 10.8 Å². The molecule has 11 aromatic carbocycles. The van der Waals surface area contributed by atoms with E-state index in [1.165, 1.54) is 88.8 Å². The Hall–Kier alpha value is -9.18. The van der Waals surface area contributed by atoms with Gasteiger partial charge in [0, 0.05) is 38.3 Å². The molecule has 0 bridgehead atoms. The summed E-state index contributed by atoms with van der Waals surface area (Å²) in [6, 6.07) is 87.0. The highest BCUT2D eigenvalue weighted by molar-refractivity contribution is 6.20. The zero-order valence-corrected chi connectivity index (χ0v) is 40.3. The van der Waals surface area contributed by atoms with Crippen molar-refractivity contribution in [3.63, 3.8) is 0 Å². The first-order chi connectivity index (χ1) is 36.0. The third-order valence-electron chi connectivity index (χ3n) is 16.7. The molecule has 16 rings (SSSR count). The summed E-state index contributed by atoms with van der Waals surface area (Å²) in [5, 5.41) is 4.50. The van der Waals surface area contributed by atoms with Gasteiger partial charge in [0.15, 0.2) is 5.58 Å². The maximum absolute atomic E-state index is 7.24. The van der Waals surface area contributed by atoms with Gasteiger partial charge >= 0.3 is 0 Å². The quantitative estimate of drug-likeness (QED) is 0.172. The van der Waals surface area contributed by atoms with Gasteiger partial charge in [-0.25, -0.2) is 0 Å². The molecule has 2 aromatic heterocycles. The molecule has 73 heavy (non-hydrogen) atoms. The van der Waals surface area contributed by atoms with Crippen molar-refractivity contribution in [2.24, 2.45) is 0 Å². The predicted molar refractivity (Wildman–Crippen MR) is 300 cm³/mol. The molecule has 2 heterocycles. The Bertz CT molecular complexity index is 4470. The van der Waals surface area contributed by atoms with E-state index in [9.17, 15) is 0 Å². The van der Waals surface area contributed by atoms with Crippen molar-refractivity contribution in [2.75, 3.05) is 4.90 Å². The number of rotatable bonds is 5. The van der Waals surface area contributed by atoms with Crippen LogP contribution in [0.5, 0.6) is 0 Å². The van der Waals surface area contributed by atoms with Crippen molar-refractivity contribution in [1.82, 2.24) is 0 Å². The molecule has 1 spiro atoms. The van der Waals surface area contributed by atoms with Crippen molar-refractivity contribution in [3.05, 3.63) is 270 Å².